The van der Waals surface area contributed by atoms with Crippen molar-refractivity contribution in [2.75, 3.05) is 19.7 Å². The van der Waals surface area contributed by atoms with Crippen molar-refractivity contribution in [3.8, 4) is 5.75 Å². The van der Waals surface area contributed by atoms with Crippen LogP contribution < -0.4 is 10.2 Å². The Hall–Kier alpha value is -2.63. The molecule has 0 radical (unpaired) electrons. The molecular formula is C17H21N3O3. The van der Waals surface area contributed by atoms with E-state index in [9.17, 15) is 9.59 Å². The molecule has 1 saturated heterocycles. The minimum Gasteiger partial charge on any atom is -0.490 e. The smallest absolute Gasteiger partial charge is 0.329 e. The molecular weight excluding hydrogens is 294 g/mol. The molecule has 1 N–H and O–H groups in total. The maximum atomic E-state index is 11.9. The minimum absolute atomic E-state index is 0.418. The highest BCUT2D eigenvalue weighted by molar-refractivity contribution is 6.35. The van der Waals surface area contributed by atoms with Crippen molar-refractivity contribution in [3.63, 3.8) is 0 Å². The normalized spacial score (nSPS) is 14.5. The summed E-state index contributed by atoms with van der Waals surface area (Å²) in [6.45, 7) is 5.28. The summed E-state index contributed by atoms with van der Waals surface area (Å²) in [6.07, 6.45) is 6.13. The second-order valence-corrected chi connectivity index (χ2v) is 5.22. The summed E-state index contributed by atoms with van der Waals surface area (Å²) in [5, 5.41) is 3.83. The zero-order valence-corrected chi connectivity index (χ0v) is 13.0. The standard InChI is InChI=1S/C17H21N3O3/c1-2-11-23-15-8-6-7-14(12-15)13-18-19-16(21)17(22)20-9-4-3-5-10-20/h2,6-8,12-13H,1,3-5,9-11H2,(H,19,21)/b18-13-. The van der Waals surface area contributed by atoms with E-state index in [1.54, 1.807) is 17.0 Å². The third-order valence-electron chi connectivity index (χ3n) is 3.44. The summed E-state index contributed by atoms with van der Waals surface area (Å²) < 4.78 is 5.41. The van der Waals surface area contributed by atoms with Crippen molar-refractivity contribution in [1.29, 1.82) is 0 Å². The van der Waals surface area contributed by atoms with Gasteiger partial charge in [0.05, 0.1) is 6.21 Å². The molecule has 0 aromatic heterocycles. The van der Waals surface area contributed by atoms with Crippen LogP contribution in [-0.4, -0.2) is 42.6 Å². The van der Waals surface area contributed by atoms with Crippen molar-refractivity contribution >= 4 is 18.0 Å². The molecule has 0 saturated carbocycles. The fraction of sp³-hybridized carbons (Fsp3) is 0.353. The highest BCUT2D eigenvalue weighted by Crippen LogP contribution is 2.12. The summed E-state index contributed by atoms with van der Waals surface area (Å²) in [5.41, 5.74) is 3.03. The molecule has 2 amide bonds. The SMILES string of the molecule is C=CCOc1cccc(/C=N\NC(=O)C(=O)N2CCCCC2)c1. The monoisotopic (exact) mass is 315 g/mol. The van der Waals surface area contributed by atoms with Gasteiger partial charge >= 0.3 is 11.8 Å². The Balaban J connectivity index is 1.86. The summed E-state index contributed by atoms with van der Waals surface area (Å²) in [4.78, 5) is 25.3. The molecule has 2 rings (SSSR count). The first-order valence-corrected chi connectivity index (χ1v) is 7.67. The number of rotatable bonds is 5. The van der Waals surface area contributed by atoms with Gasteiger partial charge in [-0.1, -0.05) is 24.8 Å². The van der Waals surface area contributed by atoms with E-state index in [0.717, 1.165) is 24.8 Å². The number of nitrogens with zero attached hydrogens (tertiary/aromatic N) is 2. The maximum absolute atomic E-state index is 11.9. The van der Waals surface area contributed by atoms with E-state index in [4.69, 9.17) is 4.74 Å². The zero-order chi connectivity index (χ0) is 16.5. The van der Waals surface area contributed by atoms with Crippen LogP contribution in [0.25, 0.3) is 0 Å². The van der Waals surface area contributed by atoms with E-state index in [-0.39, 0.29) is 0 Å². The van der Waals surface area contributed by atoms with Gasteiger partial charge in [0.25, 0.3) is 0 Å². The Kier molecular flexibility index (Phi) is 6.35. The molecule has 0 unspecified atom stereocenters. The van der Waals surface area contributed by atoms with Crippen LogP contribution in [-0.2, 0) is 9.59 Å². The van der Waals surface area contributed by atoms with Crippen LogP contribution in [0.15, 0.2) is 42.0 Å². The quantitative estimate of drug-likeness (QED) is 0.389. The number of amides is 2. The molecule has 0 atom stereocenters. The van der Waals surface area contributed by atoms with Crippen LogP contribution in [0.5, 0.6) is 5.75 Å². The number of carbonyl (C=O) groups excluding carboxylic acids is 2. The first-order valence-electron chi connectivity index (χ1n) is 7.67. The van der Waals surface area contributed by atoms with Crippen LogP contribution in [0.3, 0.4) is 0 Å². The summed E-state index contributed by atoms with van der Waals surface area (Å²) >= 11 is 0. The van der Waals surface area contributed by atoms with E-state index in [2.05, 4.69) is 17.1 Å². The zero-order valence-electron chi connectivity index (χ0n) is 13.0. The molecule has 0 bridgehead atoms. The van der Waals surface area contributed by atoms with Crippen molar-refractivity contribution < 1.29 is 14.3 Å². The van der Waals surface area contributed by atoms with Crippen LogP contribution in [0.1, 0.15) is 24.8 Å². The molecule has 0 spiro atoms. The van der Waals surface area contributed by atoms with Crippen LogP contribution >= 0.6 is 0 Å². The number of piperidine rings is 1. The number of carbonyl (C=O) groups is 2. The van der Waals surface area contributed by atoms with Crippen LogP contribution in [0.2, 0.25) is 0 Å². The highest BCUT2D eigenvalue weighted by Gasteiger charge is 2.22. The van der Waals surface area contributed by atoms with Gasteiger partial charge in [0.2, 0.25) is 0 Å². The summed E-state index contributed by atoms with van der Waals surface area (Å²) in [6, 6.07) is 7.24. The second kappa shape index (κ2) is 8.73. The molecule has 6 nitrogen and oxygen atoms in total. The lowest BCUT2D eigenvalue weighted by molar-refractivity contribution is -0.146. The fourth-order valence-electron chi connectivity index (χ4n) is 2.29. The Morgan fingerprint density at radius 3 is 2.83 bits per heavy atom. The molecule has 1 aromatic rings. The van der Waals surface area contributed by atoms with Gasteiger partial charge in [0, 0.05) is 13.1 Å². The van der Waals surface area contributed by atoms with Crippen molar-refractivity contribution in [2.45, 2.75) is 19.3 Å². The Morgan fingerprint density at radius 1 is 1.30 bits per heavy atom. The third kappa shape index (κ3) is 5.25. The molecule has 1 heterocycles. The lowest BCUT2D eigenvalue weighted by Gasteiger charge is -2.25. The van der Waals surface area contributed by atoms with E-state index in [1.807, 2.05) is 18.2 Å². The first-order chi connectivity index (χ1) is 11.2. The highest BCUT2D eigenvalue weighted by atomic mass is 16.5. The molecule has 6 heteroatoms. The van der Waals surface area contributed by atoms with Crippen molar-refractivity contribution in [3.05, 3.63) is 42.5 Å². The molecule has 0 aliphatic carbocycles. The van der Waals surface area contributed by atoms with Gasteiger partial charge < -0.3 is 9.64 Å². The van der Waals surface area contributed by atoms with Gasteiger partial charge in [0.1, 0.15) is 12.4 Å². The lowest BCUT2D eigenvalue weighted by Crippen LogP contribution is -2.43. The molecule has 122 valence electrons. The van der Waals surface area contributed by atoms with E-state index in [1.165, 1.54) is 6.21 Å². The average molecular weight is 315 g/mol. The van der Waals surface area contributed by atoms with E-state index >= 15 is 0 Å². The topological polar surface area (TPSA) is 71.0 Å². The van der Waals surface area contributed by atoms with Crippen LogP contribution in [0.4, 0.5) is 0 Å². The molecule has 23 heavy (non-hydrogen) atoms. The maximum Gasteiger partial charge on any atom is 0.329 e. The van der Waals surface area contributed by atoms with E-state index < -0.39 is 11.8 Å². The summed E-state index contributed by atoms with van der Waals surface area (Å²) in [5.74, 6) is -0.545. The number of hydrogen-bond acceptors (Lipinski definition) is 4. The number of benzene rings is 1. The Labute approximate surface area is 135 Å². The molecule has 1 aromatic carbocycles. The first kappa shape index (κ1) is 16.7. The second-order valence-electron chi connectivity index (χ2n) is 5.22. The Bertz CT molecular complexity index is 593. The van der Waals surface area contributed by atoms with Crippen molar-refractivity contribution in [1.82, 2.24) is 10.3 Å². The van der Waals surface area contributed by atoms with Gasteiger partial charge in [-0.15, -0.1) is 0 Å². The summed E-state index contributed by atoms with van der Waals surface area (Å²) in [7, 11) is 0. The fourth-order valence-corrected chi connectivity index (χ4v) is 2.29. The van der Waals surface area contributed by atoms with E-state index in [0.29, 0.717) is 25.4 Å². The van der Waals surface area contributed by atoms with Crippen molar-refractivity contribution in [2.24, 2.45) is 5.10 Å². The van der Waals surface area contributed by atoms with Crippen LogP contribution in [0, 0.1) is 0 Å². The number of hydrazone groups is 1. The Morgan fingerprint density at radius 2 is 2.09 bits per heavy atom. The van der Waals surface area contributed by atoms with Gasteiger partial charge in [-0.2, -0.15) is 5.10 Å². The third-order valence-corrected chi connectivity index (χ3v) is 3.44. The van der Waals surface area contributed by atoms with Gasteiger partial charge in [-0.25, -0.2) is 5.43 Å². The number of ether oxygens (including phenoxy) is 1. The number of hydrogen-bond donors (Lipinski definition) is 1. The van der Waals surface area contributed by atoms with Gasteiger partial charge in [0.15, 0.2) is 0 Å². The predicted octanol–water partition coefficient (Wildman–Crippen LogP) is 1.71. The number of nitrogens with one attached hydrogen (secondary N) is 1. The van der Waals surface area contributed by atoms with Gasteiger partial charge in [-0.05, 0) is 37.0 Å². The molecule has 1 aliphatic rings. The van der Waals surface area contributed by atoms with Gasteiger partial charge in [-0.3, -0.25) is 9.59 Å². The minimum atomic E-state index is -0.706. The molecule has 1 fully saturated rings. The predicted molar refractivity (Wildman–Crippen MR) is 88.3 cm³/mol. The largest absolute Gasteiger partial charge is 0.490 e. The lowest BCUT2D eigenvalue weighted by atomic mass is 10.1. The average Bonchev–Trinajstić information content (AvgIpc) is 2.60. The number of likely N-dealkylation sites (tertiary alicyclic amines) is 1. The molecule has 1 aliphatic heterocycles.